The van der Waals surface area contributed by atoms with Crippen molar-refractivity contribution in [1.29, 1.82) is 0 Å². The molecule has 0 fully saturated rings. The summed E-state index contributed by atoms with van der Waals surface area (Å²) in [5.74, 6) is -0.00292. The summed E-state index contributed by atoms with van der Waals surface area (Å²) in [6, 6.07) is -0.392. The Labute approximate surface area is 74.3 Å². The third kappa shape index (κ3) is 4.31. The third-order valence-electron chi connectivity index (χ3n) is 1.65. The van der Waals surface area contributed by atoms with E-state index in [0.717, 1.165) is 13.1 Å². The molecular weight excluding hydrogens is 154 g/mol. The van der Waals surface area contributed by atoms with Crippen molar-refractivity contribution >= 4 is 5.91 Å². The Morgan fingerprint density at radius 3 is 2.17 bits per heavy atom. The van der Waals surface area contributed by atoms with Crippen molar-refractivity contribution in [1.82, 2.24) is 9.80 Å². The summed E-state index contributed by atoms with van der Waals surface area (Å²) < 4.78 is 0. The van der Waals surface area contributed by atoms with Gasteiger partial charge in [-0.3, -0.25) is 4.79 Å². The molecule has 0 heterocycles. The molecule has 0 saturated heterocycles. The van der Waals surface area contributed by atoms with E-state index < -0.39 is 6.04 Å². The second-order valence-corrected chi connectivity index (χ2v) is 3.35. The molecule has 1 amide bonds. The molecule has 0 spiro atoms. The number of hydrogen-bond acceptors (Lipinski definition) is 3. The van der Waals surface area contributed by atoms with Crippen LogP contribution in [-0.4, -0.2) is 56.0 Å². The van der Waals surface area contributed by atoms with Crippen LogP contribution >= 0.6 is 0 Å². The van der Waals surface area contributed by atoms with Gasteiger partial charge in [0.1, 0.15) is 0 Å². The van der Waals surface area contributed by atoms with E-state index in [1.165, 1.54) is 0 Å². The molecular formula is C8H19N3O. The lowest BCUT2D eigenvalue weighted by Crippen LogP contribution is -2.42. The first-order valence-corrected chi connectivity index (χ1v) is 4.10. The maximum absolute atomic E-state index is 11.2. The Morgan fingerprint density at radius 2 is 1.83 bits per heavy atom. The van der Waals surface area contributed by atoms with Crippen LogP contribution in [0.3, 0.4) is 0 Å². The van der Waals surface area contributed by atoms with E-state index in [9.17, 15) is 4.79 Å². The molecule has 72 valence electrons. The van der Waals surface area contributed by atoms with Crippen molar-refractivity contribution in [3.8, 4) is 0 Å². The first-order chi connectivity index (χ1) is 5.45. The van der Waals surface area contributed by atoms with Crippen LogP contribution in [0.5, 0.6) is 0 Å². The largest absolute Gasteiger partial charge is 0.343 e. The van der Waals surface area contributed by atoms with E-state index >= 15 is 0 Å². The average molecular weight is 173 g/mol. The number of nitrogens with two attached hydrogens (primary N) is 1. The zero-order valence-electron chi connectivity index (χ0n) is 8.37. The number of nitrogens with zero attached hydrogens (tertiary/aromatic N) is 2. The van der Waals surface area contributed by atoms with Crippen LogP contribution in [0, 0.1) is 0 Å². The van der Waals surface area contributed by atoms with Gasteiger partial charge in [-0.05, 0) is 21.0 Å². The molecule has 1 atom stereocenters. The fraction of sp³-hybridized carbons (Fsp3) is 0.875. The second-order valence-electron chi connectivity index (χ2n) is 3.35. The van der Waals surface area contributed by atoms with Crippen LogP contribution in [0.1, 0.15) is 6.92 Å². The van der Waals surface area contributed by atoms with Gasteiger partial charge in [-0.15, -0.1) is 0 Å². The fourth-order valence-corrected chi connectivity index (χ4v) is 0.808. The van der Waals surface area contributed by atoms with Crippen molar-refractivity contribution < 1.29 is 4.79 Å². The van der Waals surface area contributed by atoms with Gasteiger partial charge in [0, 0.05) is 20.1 Å². The summed E-state index contributed by atoms with van der Waals surface area (Å²) in [7, 11) is 5.73. The summed E-state index contributed by atoms with van der Waals surface area (Å²) in [4.78, 5) is 14.9. The van der Waals surface area contributed by atoms with E-state index in [4.69, 9.17) is 5.73 Å². The lowest BCUT2D eigenvalue weighted by Gasteiger charge is -2.21. The molecule has 0 aromatic heterocycles. The number of rotatable bonds is 4. The number of hydrogen-bond donors (Lipinski definition) is 1. The number of carbonyl (C=O) groups is 1. The second kappa shape index (κ2) is 5.11. The third-order valence-corrected chi connectivity index (χ3v) is 1.65. The highest BCUT2D eigenvalue weighted by molar-refractivity contribution is 5.80. The zero-order valence-corrected chi connectivity index (χ0v) is 8.37. The lowest BCUT2D eigenvalue weighted by atomic mass is 10.3. The summed E-state index contributed by atoms with van der Waals surface area (Å²) >= 11 is 0. The van der Waals surface area contributed by atoms with Crippen LogP contribution in [0.25, 0.3) is 0 Å². The van der Waals surface area contributed by atoms with Crippen LogP contribution in [0.2, 0.25) is 0 Å². The average Bonchev–Trinajstić information content (AvgIpc) is 1.98. The van der Waals surface area contributed by atoms with Crippen LogP contribution in [0.4, 0.5) is 0 Å². The molecule has 0 bridgehead atoms. The Balaban J connectivity index is 3.72. The molecule has 0 rings (SSSR count). The number of carbonyl (C=O) groups excluding carboxylic acids is 1. The topological polar surface area (TPSA) is 49.6 Å². The predicted octanol–water partition coefficient (Wildman–Crippen LogP) is -0.646. The van der Waals surface area contributed by atoms with Gasteiger partial charge in [0.2, 0.25) is 5.91 Å². The summed E-state index contributed by atoms with van der Waals surface area (Å²) in [5.41, 5.74) is 5.44. The monoisotopic (exact) mass is 173 g/mol. The highest BCUT2D eigenvalue weighted by Crippen LogP contribution is 1.89. The first-order valence-electron chi connectivity index (χ1n) is 4.10. The first kappa shape index (κ1) is 11.4. The van der Waals surface area contributed by atoms with Crippen molar-refractivity contribution in [3.05, 3.63) is 0 Å². The molecule has 1 unspecified atom stereocenters. The molecule has 4 nitrogen and oxygen atoms in total. The SMILES string of the molecule is CC(N)C(=O)N(C)CCN(C)C. The molecule has 2 N–H and O–H groups in total. The van der Waals surface area contributed by atoms with Crippen LogP contribution in [-0.2, 0) is 4.79 Å². The molecule has 0 aliphatic carbocycles. The lowest BCUT2D eigenvalue weighted by molar-refractivity contribution is -0.130. The zero-order chi connectivity index (χ0) is 9.72. The number of amides is 1. The molecule has 0 saturated carbocycles. The highest BCUT2D eigenvalue weighted by atomic mass is 16.2. The van der Waals surface area contributed by atoms with Crippen LogP contribution in [0.15, 0.2) is 0 Å². The molecule has 4 heteroatoms. The Kier molecular flexibility index (Phi) is 4.85. The quantitative estimate of drug-likeness (QED) is 0.615. The van der Waals surface area contributed by atoms with Gasteiger partial charge in [0.05, 0.1) is 6.04 Å². The summed E-state index contributed by atoms with van der Waals surface area (Å²) in [6.45, 7) is 3.30. The van der Waals surface area contributed by atoms with Gasteiger partial charge in [-0.1, -0.05) is 0 Å². The minimum Gasteiger partial charge on any atom is -0.343 e. The predicted molar refractivity (Wildman–Crippen MR) is 49.8 cm³/mol. The molecule has 12 heavy (non-hydrogen) atoms. The highest BCUT2D eigenvalue weighted by Gasteiger charge is 2.12. The molecule has 0 radical (unpaired) electrons. The minimum atomic E-state index is -0.392. The summed E-state index contributed by atoms with van der Waals surface area (Å²) in [6.07, 6.45) is 0. The van der Waals surface area contributed by atoms with Gasteiger partial charge in [-0.2, -0.15) is 0 Å². The standard InChI is InChI=1S/C8H19N3O/c1-7(9)8(12)11(4)6-5-10(2)3/h7H,5-6,9H2,1-4H3. The Morgan fingerprint density at radius 1 is 1.33 bits per heavy atom. The maximum atomic E-state index is 11.2. The normalized spacial score (nSPS) is 13.2. The summed E-state index contributed by atoms with van der Waals surface area (Å²) in [5, 5.41) is 0. The van der Waals surface area contributed by atoms with E-state index in [1.807, 2.05) is 19.0 Å². The van der Waals surface area contributed by atoms with Crippen molar-refractivity contribution in [3.63, 3.8) is 0 Å². The van der Waals surface area contributed by atoms with Gasteiger partial charge < -0.3 is 15.5 Å². The molecule has 0 aliphatic rings. The minimum absolute atomic E-state index is 0.00292. The smallest absolute Gasteiger partial charge is 0.238 e. The van der Waals surface area contributed by atoms with Crippen molar-refractivity contribution in [2.75, 3.05) is 34.2 Å². The van der Waals surface area contributed by atoms with E-state index in [-0.39, 0.29) is 5.91 Å². The van der Waals surface area contributed by atoms with Crippen molar-refractivity contribution in [2.24, 2.45) is 5.73 Å². The van der Waals surface area contributed by atoms with Gasteiger partial charge in [-0.25, -0.2) is 0 Å². The van der Waals surface area contributed by atoms with Gasteiger partial charge >= 0.3 is 0 Å². The van der Waals surface area contributed by atoms with Crippen LogP contribution < -0.4 is 5.73 Å². The van der Waals surface area contributed by atoms with E-state index in [1.54, 1.807) is 18.9 Å². The molecule has 0 aromatic carbocycles. The van der Waals surface area contributed by atoms with Crippen molar-refractivity contribution in [2.45, 2.75) is 13.0 Å². The maximum Gasteiger partial charge on any atom is 0.238 e. The molecule has 0 aromatic rings. The van der Waals surface area contributed by atoms with E-state index in [0.29, 0.717) is 0 Å². The number of likely N-dealkylation sites (N-methyl/N-ethyl adjacent to an activating group) is 2. The molecule has 0 aliphatic heterocycles. The van der Waals surface area contributed by atoms with Gasteiger partial charge in [0.15, 0.2) is 0 Å². The fourth-order valence-electron chi connectivity index (χ4n) is 0.808. The Bertz CT molecular complexity index is 145. The van der Waals surface area contributed by atoms with Gasteiger partial charge in [0.25, 0.3) is 0 Å². The Hall–Kier alpha value is -0.610. The van der Waals surface area contributed by atoms with E-state index in [2.05, 4.69) is 0 Å².